The summed E-state index contributed by atoms with van der Waals surface area (Å²) in [5.74, 6) is 0.692. The fraction of sp³-hybridized carbons (Fsp3) is 0.583. The second-order valence-corrected chi connectivity index (χ2v) is 5.52. The van der Waals surface area contributed by atoms with E-state index in [-0.39, 0.29) is 18.1 Å². The molecule has 0 radical (unpaired) electrons. The number of carboxylic acid groups (broad SMARTS) is 1. The molecule has 6 nitrogen and oxygen atoms in total. The zero-order valence-electron chi connectivity index (χ0n) is 10.3. The van der Waals surface area contributed by atoms with Gasteiger partial charge >= 0.3 is 6.09 Å². The van der Waals surface area contributed by atoms with Crippen molar-refractivity contribution in [3.63, 3.8) is 0 Å². The number of anilines is 1. The number of amides is 1. The standard InChI is InChI=1S/C12H15ClN4O2/c13-10-3-4-11(16-15-10)14-7-5-8-1-2-9(6-7)17(8)12(18)19/h3-4,7-9H,1-2,5-6H2,(H,14,16)(H,18,19)/t7-,8+,9-. The molecule has 0 aromatic carbocycles. The second kappa shape index (κ2) is 4.85. The van der Waals surface area contributed by atoms with Crippen LogP contribution in [0.4, 0.5) is 10.6 Å². The molecule has 1 aromatic rings. The lowest BCUT2D eigenvalue weighted by atomic mass is 9.98. The molecule has 2 fully saturated rings. The lowest BCUT2D eigenvalue weighted by Gasteiger charge is -2.37. The van der Waals surface area contributed by atoms with E-state index in [9.17, 15) is 9.90 Å². The minimum absolute atomic E-state index is 0.133. The van der Waals surface area contributed by atoms with Crippen LogP contribution in [0, 0.1) is 0 Å². The molecule has 2 N–H and O–H groups in total. The van der Waals surface area contributed by atoms with E-state index in [1.54, 1.807) is 17.0 Å². The van der Waals surface area contributed by atoms with Gasteiger partial charge < -0.3 is 15.3 Å². The highest BCUT2D eigenvalue weighted by molar-refractivity contribution is 6.29. The Morgan fingerprint density at radius 2 is 2.00 bits per heavy atom. The topological polar surface area (TPSA) is 78.4 Å². The van der Waals surface area contributed by atoms with Crippen LogP contribution in [0.3, 0.4) is 0 Å². The van der Waals surface area contributed by atoms with Gasteiger partial charge in [0.25, 0.3) is 0 Å². The molecule has 3 atom stereocenters. The molecule has 2 aliphatic heterocycles. The van der Waals surface area contributed by atoms with Crippen LogP contribution >= 0.6 is 11.6 Å². The highest BCUT2D eigenvalue weighted by Gasteiger charge is 2.43. The molecule has 1 aromatic heterocycles. The van der Waals surface area contributed by atoms with E-state index < -0.39 is 6.09 Å². The van der Waals surface area contributed by atoms with Crippen molar-refractivity contribution < 1.29 is 9.90 Å². The first-order valence-corrected chi connectivity index (χ1v) is 6.78. The van der Waals surface area contributed by atoms with Gasteiger partial charge in [-0.05, 0) is 37.8 Å². The number of carbonyl (C=O) groups is 1. The summed E-state index contributed by atoms with van der Waals surface area (Å²) in [4.78, 5) is 12.8. The van der Waals surface area contributed by atoms with E-state index in [2.05, 4.69) is 15.5 Å². The second-order valence-electron chi connectivity index (χ2n) is 5.13. The molecular weight excluding hydrogens is 268 g/mol. The molecule has 0 spiro atoms. The fourth-order valence-corrected chi connectivity index (χ4v) is 3.31. The van der Waals surface area contributed by atoms with Gasteiger partial charge in [0.05, 0.1) is 0 Å². The molecule has 102 valence electrons. The molecule has 0 aliphatic carbocycles. The predicted octanol–water partition coefficient (Wildman–Crippen LogP) is 2.22. The van der Waals surface area contributed by atoms with Crippen molar-refractivity contribution in [1.29, 1.82) is 0 Å². The lowest BCUT2D eigenvalue weighted by Crippen LogP contribution is -2.49. The van der Waals surface area contributed by atoms with E-state index in [4.69, 9.17) is 11.6 Å². The van der Waals surface area contributed by atoms with Crippen LogP contribution in [-0.2, 0) is 0 Å². The third-order valence-electron chi connectivity index (χ3n) is 3.94. The number of nitrogens with zero attached hydrogens (tertiary/aromatic N) is 3. The van der Waals surface area contributed by atoms with Gasteiger partial charge in [-0.2, -0.15) is 0 Å². The Hall–Kier alpha value is -1.56. The first-order valence-electron chi connectivity index (χ1n) is 6.40. The van der Waals surface area contributed by atoms with Gasteiger partial charge in [-0.1, -0.05) is 11.6 Å². The Kier molecular flexibility index (Phi) is 3.18. The monoisotopic (exact) mass is 282 g/mol. The number of aromatic nitrogens is 2. The van der Waals surface area contributed by atoms with E-state index in [0.29, 0.717) is 11.0 Å². The van der Waals surface area contributed by atoms with Crippen molar-refractivity contribution in [3.05, 3.63) is 17.3 Å². The molecule has 1 amide bonds. The number of fused-ring (bicyclic) bond motifs is 2. The number of hydrogen-bond acceptors (Lipinski definition) is 4. The van der Waals surface area contributed by atoms with E-state index in [1.807, 2.05) is 0 Å². The average molecular weight is 283 g/mol. The Morgan fingerprint density at radius 3 is 2.53 bits per heavy atom. The summed E-state index contributed by atoms with van der Waals surface area (Å²) in [7, 11) is 0. The Balaban J connectivity index is 1.66. The van der Waals surface area contributed by atoms with Crippen molar-refractivity contribution in [3.8, 4) is 0 Å². The number of hydrogen-bond donors (Lipinski definition) is 2. The zero-order valence-corrected chi connectivity index (χ0v) is 11.0. The van der Waals surface area contributed by atoms with Crippen LogP contribution in [0.25, 0.3) is 0 Å². The molecule has 19 heavy (non-hydrogen) atoms. The van der Waals surface area contributed by atoms with Gasteiger partial charge in [-0.25, -0.2) is 4.79 Å². The summed E-state index contributed by atoms with van der Waals surface area (Å²) < 4.78 is 0. The van der Waals surface area contributed by atoms with Crippen molar-refractivity contribution >= 4 is 23.5 Å². The molecule has 2 saturated heterocycles. The quantitative estimate of drug-likeness (QED) is 0.869. The van der Waals surface area contributed by atoms with Crippen molar-refractivity contribution in [1.82, 2.24) is 15.1 Å². The molecule has 3 rings (SSSR count). The Morgan fingerprint density at radius 1 is 1.32 bits per heavy atom. The smallest absolute Gasteiger partial charge is 0.407 e. The first kappa shape index (κ1) is 12.5. The van der Waals surface area contributed by atoms with Gasteiger partial charge in [-0.15, -0.1) is 10.2 Å². The fourth-order valence-electron chi connectivity index (χ4n) is 3.21. The molecule has 3 heterocycles. The minimum Gasteiger partial charge on any atom is -0.465 e. The third-order valence-corrected chi connectivity index (χ3v) is 4.14. The average Bonchev–Trinajstić information content (AvgIpc) is 2.65. The molecular formula is C12H15ClN4O2. The van der Waals surface area contributed by atoms with Gasteiger partial charge in [0.2, 0.25) is 0 Å². The molecule has 0 saturated carbocycles. The van der Waals surface area contributed by atoms with Crippen LogP contribution in [-0.4, -0.2) is 44.4 Å². The highest BCUT2D eigenvalue weighted by atomic mass is 35.5. The van der Waals surface area contributed by atoms with Crippen LogP contribution in [0.15, 0.2) is 12.1 Å². The number of halogens is 1. The van der Waals surface area contributed by atoms with Crippen LogP contribution < -0.4 is 5.32 Å². The van der Waals surface area contributed by atoms with Gasteiger partial charge in [0.1, 0.15) is 5.82 Å². The largest absolute Gasteiger partial charge is 0.465 e. The van der Waals surface area contributed by atoms with Gasteiger partial charge in [0, 0.05) is 18.1 Å². The van der Waals surface area contributed by atoms with Crippen LogP contribution in [0.5, 0.6) is 0 Å². The maximum Gasteiger partial charge on any atom is 0.407 e. The van der Waals surface area contributed by atoms with Crippen molar-refractivity contribution in [2.75, 3.05) is 5.32 Å². The minimum atomic E-state index is -0.794. The Bertz CT molecular complexity index is 467. The first-order chi connectivity index (χ1) is 9.13. The number of nitrogens with one attached hydrogen (secondary N) is 1. The SMILES string of the molecule is O=C(O)N1[C@@H]2CC[C@H]1C[C@@H](Nc1ccc(Cl)nn1)C2. The summed E-state index contributed by atoms with van der Waals surface area (Å²) in [6, 6.07) is 4.00. The van der Waals surface area contributed by atoms with Gasteiger partial charge in [-0.3, -0.25) is 0 Å². The van der Waals surface area contributed by atoms with Crippen molar-refractivity contribution in [2.24, 2.45) is 0 Å². The number of rotatable bonds is 2. The van der Waals surface area contributed by atoms with Crippen LogP contribution in [0.2, 0.25) is 5.15 Å². The number of piperidine rings is 1. The normalized spacial score (nSPS) is 29.3. The predicted molar refractivity (Wildman–Crippen MR) is 70.4 cm³/mol. The van der Waals surface area contributed by atoms with Crippen LogP contribution in [0.1, 0.15) is 25.7 Å². The molecule has 2 aliphatic rings. The third kappa shape index (κ3) is 2.45. The zero-order chi connectivity index (χ0) is 13.4. The molecule has 7 heteroatoms. The summed E-state index contributed by atoms with van der Waals surface area (Å²) in [6.45, 7) is 0. The van der Waals surface area contributed by atoms with E-state index >= 15 is 0 Å². The Labute approximate surface area is 115 Å². The van der Waals surface area contributed by atoms with E-state index in [1.165, 1.54) is 0 Å². The van der Waals surface area contributed by atoms with E-state index in [0.717, 1.165) is 25.7 Å². The summed E-state index contributed by atoms with van der Waals surface area (Å²) in [6.07, 6.45) is 2.78. The summed E-state index contributed by atoms with van der Waals surface area (Å²) in [5.41, 5.74) is 0. The van der Waals surface area contributed by atoms with Gasteiger partial charge in [0.15, 0.2) is 5.15 Å². The summed E-state index contributed by atoms with van der Waals surface area (Å²) in [5, 5.41) is 20.6. The lowest BCUT2D eigenvalue weighted by molar-refractivity contribution is 0.0993. The van der Waals surface area contributed by atoms with Crippen molar-refractivity contribution in [2.45, 2.75) is 43.8 Å². The summed E-state index contributed by atoms with van der Waals surface area (Å²) >= 11 is 5.69. The maximum atomic E-state index is 11.2. The maximum absolute atomic E-state index is 11.2. The molecule has 0 unspecified atom stereocenters. The molecule has 2 bridgehead atoms. The highest BCUT2D eigenvalue weighted by Crippen LogP contribution is 2.36.